The van der Waals surface area contributed by atoms with E-state index in [0.29, 0.717) is 29.1 Å². The molecule has 1 unspecified atom stereocenters. The zero-order valence-electron chi connectivity index (χ0n) is 24.1. The van der Waals surface area contributed by atoms with Crippen molar-refractivity contribution in [1.82, 2.24) is 15.3 Å². The number of nitrogens with two attached hydrogens (primary N) is 1. The first-order chi connectivity index (χ1) is 18.6. The van der Waals surface area contributed by atoms with Gasteiger partial charge in [-0.1, -0.05) is 39.0 Å². The number of hydrogen-bond acceptors (Lipinski definition) is 5. The molecule has 1 aromatic carbocycles. The van der Waals surface area contributed by atoms with Gasteiger partial charge in [0, 0.05) is 34.4 Å². The predicted molar refractivity (Wildman–Crippen MR) is 163 cm³/mol. The summed E-state index contributed by atoms with van der Waals surface area (Å²) in [4.78, 5) is 17.2. The average molecular weight is 547 g/mol. The number of carbonyl (C=O) groups excluding carboxylic acids is 1. The van der Waals surface area contributed by atoms with Crippen LogP contribution in [-0.4, -0.2) is 27.9 Å². The van der Waals surface area contributed by atoms with E-state index in [-0.39, 0.29) is 11.9 Å². The third kappa shape index (κ3) is 6.42. The Bertz CT molecular complexity index is 1200. The number of hydrazine groups is 1. The molecule has 4 aliphatic rings. The minimum atomic E-state index is 0.160. The fourth-order valence-electron chi connectivity index (χ4n) is 6.90. The average Bonchev–Trinajstić information content (AvgIpc) is 3.67. The second-order valence-corrected chi connectivity index (χ2v) is 13.4. The van der Waals surface area contributed by atoms with Gasteiger partial charge in [-0.3, -0.25) is 15.2 Å². The molecule has 5 nitrogen and oxygen atoms in total. The number of carbonyl (C=O) groups is 1. The smallest absolute Gasteiger partial charge is 0.254 e. The molecule has 1 amide bonds. The van der Waals surface area contributed by atoms with Crippen LogP contribution in [0.1, 0.15) is 95.8 Å². The van der Waals surface area contributed by atoms with E-state index in [1.807, 2.05) is 24.3 Å². The maximum absolute atomic E-state index is 14.1. The van der Waals surface area contributed by atoms with E-state index in [1.165, 1.54) is 29.7 Å². The fourth-order valence-corrected chi connectivity index (χ4v) is 7.13. The van der Waals surface area contributed by atoms with Gasteiger partial charge in [-0.25, -0.2) is 0 Å². The highest BCUT2D eigenvalue weighted by molar-refractivity contribution is 7.80. The topological polar surface area (TPSA) is 61.6 Å². The molecule has 2 fully saturated rings. The highest BCUT2D eigenvalue weighted by Crippen LogP contribution is 2.62. The summed E-state index contributed by atoms with van der Waals surface area (Å²) in [7, 11) is 0. The van der Waals surface area contributed by atoms with Crippen LogP contribution in [0.25, 0.3) is 0 Å². The molecule has 3 N–H and O–H groups in total. The SMILES string of the molecule is CC1=C(N2C=C(CC[C@@H](CC(C)C)N(C(=O)c3cccc(S)c3)C3CC4(CC4)C3)C=C(N)N2)C(C)CCC=C1. The number of benzene rings is 1. The Kier molecular flexibility index (Phi) is 8.23. The third-order valence-electron chi connectivity index (χ3n) is 9.07. The zero-order chi connectivity index (χ0) is 27.7. The summed E-state index contributed by atoms with van der Waals surface area (Å²) < 4.78 is 0. The van der Waals surface area contributed by atoms with Crippen molar-refractivity contribution in [3.8, 4) is 0 Å². The van der Waals surface area contributed by atoms with Crippen LogP contribution >= 0.6 is 12.6 Å². The standard InChI is InChI=1S/C33H46N4OS/c1-22(2)16-27(37(28-19-33(20-28)14-15-33)32(38)26-10-7-11-29(39)18-26)13-12-25-17-30(34)35-36(21-25)31-23(3)8-5-6-9-24(31)4/h5,7-8,10-11,17-18,21-22,24,27-28,35,39H,6,9,12-16,19-20,34H2,1-4H3/t24?,27-/m0/s1. The van der Waals surface area contributed by atoms with Crippen LogP contribution in [-0.2, 0) is 0 Å². The van der Waals surface area contributed by atoms with Crippen molar-refractivity contribution in [2.75, 3.05) is 0 Å². The largest absolute Gasteiger partial charge is 0.384 e. The maximum atomic E-state index is 14.1. The molecule has 2 saturated carbocycles. The summed E-state index contributed by atoms with van der Waals surface area (Å²) in [5.74, 6) is 1.77. The summed E-state index contributed by atoms with van der Waals surface area (Å²) >= 11 is 4.53. The molecule has 5 rings (SSSR count). The lowest BCUT2D eigenvalue weighted by atomic mass is 9.74. The van der Waals surface area contributed by atoms with Gasteiger partial charge in [0.25, 0.3) is 5.91 Å². The van der Waals surface area contributed by atoms with Crippen LogP contribution in [0.4, 0.5) is 0 Å². The minimum Gasteiger partial charge on any atom is -0.384 e. The van der Waals surface area contributed by atoms with Crippen molar-refractivity contribution in [2.24, 2.45) is 23.0 Å². The highest BCUT2D eigenvalue weighted by atomic mass is 32.1. The molecule has 0 bridgehead atoms. The lowest BCUT2D eigenvalue weighted by Crippen LogP contribution is -2.53. The van der Waals surface area contributed by atoms with Gasteiger partial charge in [-0.15, -0.1) is 12.6 Å². The van der Waals surface area contributed by atoms with Crippen LogP contribution in [0.2, 0.25) is 0 Å². The molecule has 1 aromatic rings. The molecule has 1 heterocycles. The van der Waals surface area contributed by atoms with Crippen molar-refractivity contribution in [3.63, 3.8) is 0 Å². The van der Waals surface area contributed by atoms with Crippen molar-refractivity contribution >= 4 is 18.5 Å². The number of rotatable bonds is 9. The molecule has 6 heteroatoms. The Labute approximate surface area is 240 Å². The minimum absolute atomic E-state index is 0.160. The maximum Gasteiger partial charge on any atom is 0.254 e. The van der Waals surface area contributed by atoms with E-state index in [0.717, 1.165) is 55.4 Å². The summed E-state index contributed by atoms with van der Waals surface area (Å²) in [6, 6.07) is 8.26. The van der Waals surface area contributed by atoms with E-state index in [1.54, 1.807) is 0 Å². The summed E-state index contributed by atoms with van der Waals surface area (Å²) in [6.07, 6.45) is 18.8. The van der Waals surface area contributed by atoms with Gasteiger partial charge in [-0.2, -0.15) is 0 Å². The molecule has 2 atom stereocenters. The van der Waals surface area contributed by atoms with Crippen LogP contribution in [0.15, 0.2) is 76.3 Å². The molecule has 210 valence electrons. The predicted octanol–water partition coefficient (Wildman–Crippen LogP) is 7.32. The van der Waals surface area contributed by atoms with Crippen LogP contribution in [0, 0.1) is 17.3 Å². The monoisotopic (exact) mass is 546 g/mol. The van der Waals surface area contributed by atoms with Gasteiger partial charge in [0.15, 0.2) is 0 Å². The number of nitrogens with one attached hydrogen (secondary N) is 1. The van der Waals surface area contributed by atoms with Gasteiger partial charge in [0.1, 0.15) is 5.82 Å². The molecule has 39 heavy (non-hydrogen) atoms. The summed E-state index contributed by atoms with van der Waals surface area (Å²) in [5.41, 5.74) is 14.8. The van der Waals surface area contributed by atoms with Gasteiger partial charge in [0.05, 0.1) is 0 Å². The second kappa shape index (κ2) is 11.5. The number of allylic oxidation sites excluding steroid dienone is 6. The van der Waals surface area contributed by atoms with Gasteiger partial charge < -0.3 is 10.6 Å². The van der Waals surface area contributed by atoms with E-state index in [4.69, 9.17) is 5.73 Å². The van der Waals surface area contributed by atoms with Crippen molar-refractivity contribution in [1.29, 1.82) is 0 Å². The number of nitrogens with zero attached hydrogens (tertiary/aromatic N) is 2. The number of thiol groups is 1. The summed E-state index contributed by atoms with van der Waals surface area (Å²) in [5, 5.41) is 2.14. The highest BCUT2D eigenvalue weighted by Gasteiger charge is 2.56. The Hall–Kier alpha value is -2.60. The molecule has 0 aromatic heterocycles. The lowest BCUT2D eigenvalue weighted by Gasteiger charge is -2.48. The Morgan fingerprint density at radius 3 is 2.74 bits per heavy atom. The fraction of sp³-hybridized carbons (Fsp3) is 0.545. The van der Waals surface area contributed by atoms with E-state index in [9.17, 15) is 4.79 Å². The lowest BCUT2D eigenvalue weighted by molar-refractivity contribution is 0.0183. The van der Waals surface area contributed by atoms with Crippen molar-refractivity contribution in [3.05, 3.63) is 76.9 Å². The van der Waals surface area contributed by atoms with E-state index in [2.05, 4.69) is 80.1 Å². The molecular weight excluding hydrogens is 500 g/mol. The molecule has 0 radical (unpaired) electrons. The molecule has 1 aliphatic heterocycles. The zero-order valence-corrected chi connectivity index (χ0v) is 25.0. The number of amides is 1. The van der Waals surface area contributed by atoms with Gasteiger partial charge in [0.2, 0.25) is 0 Å². The molecule has 1 spiro atoms. The second-order valence-electron chi connectivity index (χ2n) is 12.9. The van der Waals surface area contributed by atoms with Crippen LogP contribution in [0.5, 0.6) is 0 Å². The Morgan fingerprint density at radius 1 is 1.28 bits per heavy atom. The number of hydrogen-bond donors (Lipinski definition) is 3. The first kappa shape index (κ1) is 27.9. The molecular formula is C33H46N4OS. The Morgan fingerprint density at radius 2 is 2.05 bits per heavy atom. The summed E-state index contributed by atoms with van der Waals surface area (Å²) in [6.45, 7) is 9.02. The molecule has 3 aliphatic carbocycles. The quantitative estimate of drug-likeness (QED) is 0.284. The van der Waals surface area contributed by atoms with Crippen LogP contribution < -0.4 is 11.2 Å². The normalized spacial score (nSPS) is 23.1. The van der Waals surface area contributed by atoms with Crippen molar-refractivity contribution in [2.45, 2.75) is 102 Å². The third-order valence-corrected chi connectivity index (χ3v) is 9.35. The van der Waals surface area contributed by atoms with Gasteiger partial charge >= 0.3 is 0 Å². The van der Waals surface area contributed by atoms with E-state index < -0.39 is 0 Å². The molecule has 0 saturated heterocycles. The van der Waals surface area contributed by atoms with Crippen molar-refractivity contribution < 1.29 is 4.79 Å². The Balaban J connectivity index is 1.38. The first-order valence-electron chi connectivity index (χ1n) is 14.9. The van der Waals surface area contributed by atoms with Gasteiger partial charge in [-0.05, 0) is 117 Å². The first-order valence-corrected chi connectivity index (χ1v) is 15.3. The van der Waals surface area contributed by atoms with Crippen LogP contribution in [0.3, 0.4) is 0 Å². The van der Waals surface area contributed by atoms with E-state index >= 15 is 0 Å².